The summed E-state index contributed by atoms with van der Waals surface area (Å²) in [4.78, 5) is 33.1. The van der Waals surface area contributed by atoms with Crippen molar-refractivity contribution in [2.45, 2.75) is 26.7 Å². The first-order chi connectivity index (χ1) is 14.5. The number of imidazole rings is 1. The predicted octanol–water partition coefficient (Wildman–Crippen LogP) is 1.58. The fourth-order valence-electron chi connectivity index (χ4n) is 3.69. The van der Waals surface area contributed by atoms with Crippen LogP contribution in [0.5, 0.6) is 0 Å². The molecular formula is C21H26N6O3. The topological polar surface area (TPSA) is 96.0 Å². The summed E-state index contributed by atoms with van der Waals surface area (Å²) in [6.07, 6.45) is 4.89. The molecule has 0 bridgehead atoms. The lowest BCUT2D eigenvalue weighted by atomic mass is 10.1. The molecule has 9 heteroatoms. The van der Waals surface area contributed by atoms with E-state index in [4.69, 9.17) is 4.52 Å². The Morgan fingerprint density at radius 3 is 2.60 bits per heavy atom. The minimum atomic E-state index is -0.100. The maximum Gasteiger partial charge on any atom is 0.317 e. The van der Waals surface area contributed by atoms with Crippen LogP contribution in [0.15, 0.2) is 35.1 Å². The van der Waals surface area contributed by atoms with Gasteiger partial charge >= 0.3 is 6.03 Å². The van der Waals surface area contributed by atoms with E-state index in [9.17, 15) is 9.59 Å². The van der Waals surface area contributed by atoms with Crippen LogP contribution < -0.4 is 5.32 Å². The first kappa shape index (κ1) is 19.9. The van der Waals surface area contributed by atoms with Gasteiger partial charge in [-0.25, -0.2) is 9.78 Å². The van der Waals surface area contributed by atoms with Gasteiger partial charge in [-0.05, 0) is 26.0 Å². The maximum atomic E-state index is 12.6. The van der Waals surface area contributed by atoms with Crippen molar-refractivity contribution in [3.63, 3.8) is 0 Å². The fourth-order valence-corrected chi connectivity index (χ4v) is 3.69. The van der Waals surface area contributed by atoms with Crippen molar-refractivity contribution in [1.82, 2.24) is 29.7 Å². The smallest absolute Gasteiger partial charge is 0.317 e. The van der Waals surface area contributed by atoms with E-state index in [1.54, 1.807) is 9.80 Å². The van der Waals surface area contributed by atoms with Crippen LogP contribution in [0, 0.1) is 13.8 Å². The van der Waals surface area contributed by atoms with E-state index in [1.807, 2.05) is 48.8 Å². The molecule has 1 saturated heterocycles. The molecule has 0 spiro atoms. The number of amides is 3. The fraction of sp³-hybridized carbons (Fsp3) is 0.429. The van der Waals surface area contributed by atoms with Crippen LogP contribution in [0.2, 0.25) is 0 Å². The van der Waals surface area contributed by atoms with Crippen molar-refractivity contribution in [2.75, 3.05) is 32.7 Å². The summed E-state index contributed by atoms with van der Waals surface area (Å²) >= 11 is 0. The molecule has 0 atom stereocenters. The van der Waals surface area contributed by atoms with Crippen molar-refractivity contribution in [1.29, 1.82) is 0 Å². The highest BCUT2D eigenvalue weighted by Gasteiger charge is 2.25. The SMILES string of the molecule is Cc1noc(C)c1CC(=O)N1CCN(C(=O)NCCc2cn3ccccc3n2)CC1. The van der Waals surface area contributed by atoms with Gasteiger partial charge < -0.3 is 24.0 Å². The second kappa shape index (κ2) is 8.56. The molecule has 0 unspecified atom stereocenters. The number of rotatable bonds is 5. The van der Waals surface area contributed by atoms with Gasteiger partial charge in [0.2, 0.25) is 5.91 Å². The molecule has 0 radical (unpaired) electrons. The Kier molecular flexibility index (Phi) is 5.69. The Labute approximate surface area is 174 Å². The van der Waals surface area contributed by atoms with Gasteiger partial charge in [-0.2, -0.15) is 0 Å². The largest absolute Gasteiger partial charge is 0.361 e. The van der Waals surface area contributed by atoms with Crippen molar-refractivity contribution in [3.8, 4) is 0 Å². The van der Waals surface area contributed by atoms with Crippen LogP contribution in [-0.4, -0.2) is 69.0 Å². The van der Waals surface area contributed by atoms with Crippen molar-refractivity contribution in [2.24, 2.45) is 0 Å². The molecule has 30 heavy (non-hydrogen) atoms. The highest BCUT2D eigenvalue weighted by molar-refractivity contribution is 5.80. The van der Waals surface area contributed by atoms with Crippen LogP contribution in [0.4, 0.5) is 4.79 Å². The number of pyridine rings is 1. The quantitative estimate of drug-likeness (QED) is 0.689. The van der Waals surface area contributed by atoms with Gasteiger partial charge in [0.05, 0.1) is 17.8 Å². The molecule has 1 aliphatic rings. The zero-order valence-electron chi connectivity index (χ0n) is 17.3. The molecule has 3 aromatic heterocycles. The molecule has 1 N–H and O–H groups in total. The second-order valence-electron chi connectivity index (χ2n) is 7.53. The van der Waals surface area contributed by atoms with Gasteiger partial charge in [-0.1, -0.05) is 11.2 Å². The number of aryl methyl sites for hydroxylation is 2. The van der Waals surface area contributed by atoms with Crippen LogP contribution in [0.3, 0.4) is 0 Å². The first-order valence-electron chi connectivity index (χ1n) is 10.2. The molecule has 0 aromatic carbocycles. The third-order valence-corrected chi connectivity index (χ3v) is 5.50. The Hall–Kier alpha value is -3.36. The van der Waals surface area contributed by atoms with Crippen molar-refractivity contribution < 1.29 is 14.1 Å². The van der Waals surface area contributed by atoms with E-state index in [1.165, 1.54) is 0 Å². The third kappa shape index (κ3) is 4.29. The number of carbonyl (C=O) groups excluding carboxylic acids is 2. The number of aromatic nitrogens is 3. The van der Waals surface area contributed by atoms with E-state index in [2.05, 4.69) is 15.5 Å². The number of hydrogen-bond donors (Lipinski definition) is 1. The van der Waals surface area contributed by atoms with E-state index in [0.29, 0.717) is 44.9 Å². The Morgan fingerprint density at radius 1 is 1.13 bits per heavy atom. The Morgan fingerprint density at radius 2 is 1.90 bits per heavy atom. The molecule has 4 heterocycles. The molecule has 4 rings (SSSR count). The summed E-state index contributed by atoms with van der Waals surface area (Å²) in [5.41, 5.74) is 3.45. The zero-order chi connectivity index (χ0) is 21.1. The molecule has 0 saturated carbocycles. The minimum Gasteiger partial charge on any atom is -0.361 e. The number of urea groups is 1. The Bertz CT molecular complexity index is 996. The van der Waals surface area contributed by atoms with E-state index in [-0.39, 0.29) is 18.4 Å². The average Bonchev–Trinajstić information content (AvgIpc) is 3.31. The zero-order valence-corrected chi connectivity index (χ0v) is 17.3. The third-order valence-electron chi connectivity index (χ3n) is 5.50. The van der Waals surface area contributed by atoms with E-state index >= 15 is 0 Å². The van der Waals surface area contributed by atoms with Crippen LogP contribution >= 0.6 is 0 Å². The summed E-state index contributed by atoms with van der Waals surface area (Å²) in [6, 6.07) is 5.76. The highest BCUT2D eigenvalue weighted by Crippen LogP contribution is 2.15. The van der Waals surface area contributed by atoms with Gasteiger partial charge in [0.1, 0.15) is 11.4 Å². The maximum absolute atomic E-state index is 12.6. The number of piperazine rings is 1. The summed E-state index contributed by atoms with van der Waals surface area (Å²) in [7, 11) is 0. The number of nitrogens with one attached hydrogen (secondary N) is 1. The molecule has 0 aliphatic carbocycles. The molecule has 9 nitrogen and oxygen atoms in total. The molecule has 3 aromatic rings. The number of nitrogens with zero attached hydrogens (tertiary/aromatic N) is 5. The molecule has 3 amide bonds. The molecule has 1 fully saturated rings. The monoisotopic (exact) mass is 410 g/mol. The van der Waals surface area contributed by atoms with Crippen LogP contribution in [-0.2, 0) is 17.6 Å². The van der Waals surface area contributed by atoms with Gasteiger partial charge in [-0.3, -0.25) is 4.79 Å². The van der Waals surface area contributed by atoms with Crippen molar-refractivity contribution >= 4 is 17.6 Å². The summed E-state index contributed by atoms with van der Waals surface area (Å²) in [6.45, 7) is 6.28. The average molecular weight is 410 g/mol. The number of carbonyl (C=O) groups is 2. The predicted molar refractivity (Wildman–Crippen MR) is 110 cm³/mol. The summed E-state index contributed by atoms with van der Waals surface area (Å²) in [5.74, 6) is 0.723. The van der Waals surface area contributed by atoms with Crippen LogP contribution in [0.1, 0.15) is 22.7 Å². The van der Waals surface area contributed by atoms with Gasteiger partial charge in [-0.15, -0.1) is 0 Å². The molecule has 1 aliphatic heterocycles. The standard InChI is InChI=1S/C21H26N6O3/c1-15-18(16(2)30-24-15)13-20(28)25-9-11-26(12-10-25)21(29)22-7-6-17-14-27-8-4-3-5-19(27)23-17/h3-5,8,14H,6-7,9-13H2,1-2H3,(H,22,29). The lowest BCUT2D eigenvalue weighted by molar-refractivity contribution is -0.131. The van der Waals surface area contributed by atoms with Gasteiger partial charge in [0.25, 0.3) is 0 Å². The van der Waals surface area contributed by atoms with E-state index < -0.39 is 0 Å². The van der Waals surface area contributed by atoms with Gasteiger partial charge in [0, 0.05) is 57.1 Å². The van der Waals surface area contributed by atoms with E-state index in [0.717, 1.165) is 22.6 Å². The highest BCUT2D eigenvalue weighted by atomic mass is 16.5. The van der Waals surface area contributed by atoms with Crippen molar-refractivity contribution in [3.05, 3.63) is 53.3 Å². The van der Waals surface area contributed by atoms with Crippen LogP contribution in [0.25, 0.3) is 5.65 Å². The molecular weight excluding hydrogens is 384 g/mol. The summed E-state index contributed by atoms with van der Waals surface area (Å²) in [5, 5.41) is 6.85. The number of hydrogen-bond acceptors (Lipinski definition) is 5. The lowest BCUT2D eigenvalue weighted by Crippen LogP contribution is -2.53. The van der Waals surface area contributed by atoms with Gasteiger partial charge in [0.15, 0.2) is 0 Å². The normalized spacial score (nSPS) is 14.3. The Balaban J connectivity index is 1.21. The number of fused-ring (bicyclic) bond motifs is 1. The lowest BCUT2D eigenvalue weighted by Gasteiger charge is -2.34. The minimum absolute atomic E-state index is 0.0382. The molecule has 158 valence electrons. The summed E-state index contributed by atoms with van der Waals surface area (Å²) < 4.78 is 7.10. The first-order valence-corrected chi connectivity index (χ1v) is 10.2. The second-order valence-corrected chi connectivity index (χ2v) is 7.53.